The van der Waals surface area contributed by atoms with Crippen LogP contribution >= 0.6 is 0 Å². The van der Waals surface area contributed by atoms with Gasteiger partial charge in [0.15, 0.2) is 0 Å². The normalized spacial score (nSPS) is 10.7. The minimum atomic E-state index is -0.863. The summed E-state index contributed by atoms with van der Waals surface area (Å²) in [7, 11) is 0. The summed E-state index contributed by atoms with van der Waals surface area (Å²) in [4.78, 5) is 14.5. The number of aromatic nitrogens is 2. The van der Waals surface area contributed by atoms with Crippen LogP contribution in [0.5, 0.6) is 0 Å². The van der Waals surface area contributed by atoms with Crippen LogP contribution in [0.3, 0.4) is 0 Å². The fraction of sp³-hybridized carbons (Fsp3) is 0.200. The second-order valence-corrected chi connectivity index (χ2v) is 3.24. The first-order valence-corrected chi connectivity index (χ1v) is 4.50. The number of carbonyl (C=O) groups is 1. The molecule has 0 fully saturated rings. The number of rotatable bonds is 3. The lowest BCUT2D eigenvalue weighted by molar-refractivity contribution is -0.136. The van der Waals surface area contributed by atoms with E-state index in [0.717, 1.165) is 0 Å². The van der Waals surface area contributed by atoms with E-state index in [1.807, 2.05) is 0 Å². The highest BCUT2D eigenvalue weighted by atomic mass is 19.1. The Morgan fingerprint density at radius 3 is 3.13 bits per heavy atom. The van der Waals surface area contributed by atoms with Gasteiger partial charge in [0, 0.05) is 24.9 Å². The van der Waals surface area contributed by atoms with Gasteiger partial charge in [-0.05, 0) is 6.07 Å². The summed E-state index contributed by atoms with van der Waals surface area (Å²) in [5.74, 6) is -1.21. The van der Waals surface area contributed by atoms with Gasteiger partial charge in [-0.3, -0.25) is 4.79 Å². The lowest BCUT2D eigenvalue weighted by atomic mass is 10.2. The van der Waals surface area contributed by atoms with Crippen LogP contribution in [-0.4, -0.2) is 20.5 Å². The Morgan fingerprint density at radius 2 is 2.40 bits per heavy atom. The predicted octanol–water partition coefficient (Wildman–Crippen LogP) is 1.49. The summed E-state index contributed by atoms with van der Waals surface area (Å²) in [5, 5.41) is 8.50. The molecule has 5 heteroatoms. The summed E-state index contributed by atoms with van der Waals surface area (Å²) < 4.78 is 14.5. The molecule has 0 unspecified atom stereocenters. The first-order chi connectivity index (χ1) is 7.15. The van der Waals surface area contributed by atoms with Gasteiger partial charge in [-0.2, -0.15) is 0 Å². The number of carboxylic acids is 1. The molecular weight excluding hydrogens is 199 g/mol. The molecule has 4 nitrogen and oxygen atoms in total. The highest BCUT2D eigenvalue weighted by Gasteiger charge is 2.04. The zero-order chi connectivity index (χ0) is 10.8. The molecule has 0 aromatic carbocycles. The molecule has 0 radical (unpaired) electrons. The number of pyridine rings is 1. The van der Waals surface area contributed by atoms with Crippen molar-refractivity contribution in [3.05, 3.63) is 36.0 Å². The van der Waals surface area contributed by atoms with Gasteiger partial charge in [0.25, 0.3) is 0 Å². The third-order valence-corrected chi connectivity index (χ3v) is 2.07. The number of hydrogen-bond acceptors (Lipinski definition) is 2. The highest BCUT2D eigenvalue weighted by Crippen LogP contribution is 2.08. The molecule has 2 aromatic heterocycles. The maximum Gasteiger partial charge on any atom is 0.303 e. The minimum Gasteiger partial charge on any atom is -0.481 e. The standard InChI is InChI=1S/C10H9FN2O2/c11-7-3-4-13-6-8(1-2-10(14)15)12-9(13)5-7/h3-6H,1-2H2,(H,14,15). The van der Waals surface area contributed by atoms with E-state index < -0.39 is 5.97 Å². The van der Waals surface area contributed by atoms with E-state index in [1.165, 1.54) is 12.1 Å². The van der Waals surface area contributed by atoms with Crippen molar-refractivity contribution in [2.45, 2.75) is 12.8 Å². The molecule has 0 amide bonds. The molecular formula is C10H9FN2O2. The number of aliphatic carboxylic acids is 1. The Balaban J connectivity index is 2.27. The number of aryl methyl sites for hydroxylation is 1. The van der Waals surface area contributed by atoms with Gasteiger partial charge in [0.1, 0.15) is 11.5 Å². The molecule has 15 heavy (non-hydrogen) atoms. The van der Waals surface area contributed by atoms with Crippen molar-refractivity contribution in [2.75, 3.05) is 0 Å². The minimum absolute atomic E-state index is 0.0341. The zero-order valence-corrected chi connectivity index (χ0v) is 7.85. The fourth-order valence-electron chi connectivity index (χ4n) is 1.37. The maximum absolute atomic E-state index is 12.8. The Kier molecular flexibility index (Phi) is 2.37. The van der Waals surface area contributed by atoms with Crippen molar-refractivity contribution in [1.29, 1.82) is 0 Å². The van der Waals surface area contributed by atoms with Crippen molar-refractivity contribution >= 4 is 11.6 Å². The van der Waals surface area contributed by atoms with Crippen molar-refractivity contribution < 1.29 is 14.3 Å². The van der Waals surface area contributed by atoms with E-state index >= 15 is 0 Å². The van der Waals surface area contributed by atoms with Crippen molar-refractivity contribution in [2.24, 2.45) is 0 Å². The quantitative estimate of drug-likeness (QED) is 0.831. The van der Waals surface area contributed by atoms with Crippen LogP contribution in [0.15, 0.2) is 24.5 Å². The van der Waals surface area contributed by atoms with E-state index in [9.17, 15) is 9.18 Å². The molecule has 1 N–H and O–H groups in total. The molecule has 0 atom stereocenters. The van der Waals surface area contributed by atoms with E-state index in [2.05, 4.69) is 4.98 Å². The molecule has 2 aromatic rings. The summed E-state index contributed by atoms with van der Waals surface area (Å²) in [6, 6.07) is 2.64. The molecule has 0 aliphatic heterocycles. The number of imidazole rings is 1. The van der Waals surface area contributed by atoms with Gasteiger partial charge < -0.3 is 9.51 Å². The molecule has 78 valence electrons. The summed E-state index contributed by atoms with van der Waals surface area (Å²) in [5.41, 5.74) is 1.15. The zero-order valence-electron chi connectivity index (χ0n) is 7.85. The van der Waals surface area contributed by atoms with Crippen LogP contribution in [0.2, 0.25) is 0 Å². The Bertz CT molecular complexity index is 507. The van der Waals surface area contributed by atoms with Gasteiger partial charge in [-0.1, -0.05) is 0 Å². The lowest BCUT2D eigenvalue weighted by Crippen LogP contribution is -1.97. The van der Waals surface area contributed by atoms with Crippen LogP contribution in [0.4, 0.5) is 4.39 Å². The van der Waals surface area contributed by atoms with Gasteiger partial charge >= 0.3 is 5.97 Å². The Hall–Kier alpha value is -1.91. The van der Waals surface area contributed by atoms with Crippen LogP contribution in [0.25, 0.3) is 5.65 Å². The van der Waals surface area contributed by atoms with Gasteiger partial charge in [0.05, 0.1) is 12.1 Å². The number of hydrogen-bond donors (Lipinski definition) is 1. The monoisotopic (exact) mass is 208 g/mol. The second-order valence-electron chi connectivity index (χ2n) is 3.24. The predicted molar refractivity (Wildman–Crippen MR) is 51.1 cm³/mol. The largest absolute Gasteiger partial charge is 0.481 e. The van der Waals surface area contributed by atoms with E-state index in [-0.39, 0.29) is 12.2 Å². The van der Waals surface area contributed by atoms with Crippen LogP contribution in [0.1, 0.15) is 12.1 Å². The van der Waals surface area contributed by atoms with Crippen molar-refractivity contribution in [3.63, 3.8) is 0 Å². The van der Waals surface area contributed by atoms with Crippen LogP contribution < -0.4 is 0 Å². The van der Waals surface area contributed by atoms with Gasteiger partial charge in [-0.15, -0.1) is 0 Å². The van der Waals surface area contributed by atoms with Gasteiger partial charge in [0.2, 0.25) is 0 Å². The number of carboxylic acid groups (broad SMARTS) is 1. The number of halogens is 1. The van der Waals surface area contributed by atoms with Crippen LogP contribution in [0, 0.1) is 5.82 Å². The van der Waals surface area contributed by atoms with Crippen molar-refractivity contribution in [1.82, 2.24) is 9.38 Å². The summed E-state index contributed by atoms with van der Waals surface area (Å²) in [6.45, 7) is 0. The Labute approximate surface area is 85.0 Å². The topological polar surface area (TPSA) is 54.6 Å². The highest BCUT2D eigenvalue weighted by molar-refractivity contribution is 5.67. The third kappa shape index (κ3) is 2.12. The Morgan fingerprint density at radius 1 is 1.60 bits per heavy atom. The number of nitrogens with zero attached hydrogens (tertiary/aromatic N) is 2. The average Bonchev–Trinajstić information content (AvgIpc) is 2.56. The maximum atomic E-state index is 12.8. The third-order valence-electron chi connectivity index (χ3n) is 2.07. The molecule has 0 spiro atoms. The molecule has 0 bridgehead atoms. The molecule has 0 aliphatic carbocycles. The second kappa shape index (κ2) is 3.68. The summed E-state index contributed by atoms with van der Waals surface area (Å²) in [6.07, 6.45) is 3.66. The van der Waals surface area contributed by atoms with Crippen LogP contribution in [-0.2, 0) is 11.2 Å². The van der Waals surface area contributed by atoms with E-state index in [0.29, 0.717) is 17.8 Å². The number of fused-ring (bicyclic) bond motifs is 1. The molecule has 0 aliphatic rings. The first-order valence-electron chi connectivity index (χ1n) is 4.50. The molecule has 0 saturated heterocycles. The molecule has 2 rings (SSSR count). The SMILES string of the molecule is O=C(O)CCc1cn2ccc(F)cc2n1. The average molecular weight is 208 g/mol. The molecule has 2 heterocycles. The lowest BCUT2D eigenvalue weighted by Gasteiger charge is -1.90. The van der Waals surface area contributed by atoms with E-state index in [1.54, 1.807) is 16.8 Å². The van der Waals surface area contributed by atoms with Crippen molar-refractivity contribution in [3.8, 4) is 0 Å². The molecule has 0 saturated carbocycles. The smallest absolute Gasteiger partial charge is 0.303 e. The van der Waals surface area contributed by atoms with Gasteiger partial charge in [-0.25, -0.2) is 9.37 Å². The first kappa shape index (κ1) is 9.64. The summed E-state index contributed by atoms with van der Waals surface area (Å²) >= 11 is 0. The fourth-order valence-corrected chi connectivity index (χ4v) is 1.37. The van der Waals surface area contributed by atoms with E-state index in [4.69, 9.17) is 5.11 Å².